The molecule has 0 amide bonds. The molecular weight excluding hydrogens is 290 g/mol. The molecule has 1 rings (SSSR count). The summed E-state index contributed by atoms with van der Waals surface area (Å²) in [4.78, 5) is 0. The van der Waals surface area contributed by atoms with Crippen LogP contribution in [0.3, 0.4) is 0 Å². The van der Waals surface area contributed by atoms with Crippen LogP contribution in [0.25, 0.3) is 0 Å². The lowest BCUT2D eigenvalue weighted by Crippen LogP contribution is -2.43. The normalized spacial score (nSPS) is 21.7. The predicted octanol–water partition coefficient (Wildman–Crippen LogP) is 2.85. The van der Waals surface area contributed by atoms with Crippen molar-refractivity contribution in [3.05, 3.63) is 0 Å². The fourth-order valence-corrected chi connectivity index (χ4v) is 5.09. The highest BCUT2D eigenvalue weighted by Gasteiger charge is 2.32. The first kappa shape index (κ1) is 16.6. The number of thioether (sulfide) groups is 1. The SMILES string of the molecule is CSC1(CNS(=O)(=O)CC(C)CCl)CCCCC1. The van der Waals surface area contributed by atoms with Crippen LogP contribution in [0.15, 0.2) is 0 Å². The minimum atomic E-state index is -3.19. The quantitative estimate of drug-likeness (QED) is 0.735. The summed E-state index contributed by atoms with van der Waals surface area (Å²) in [5.74, 6) is 0.510. The fraction of sp³-hybridized carbons (Fsp3) is 1.00. The van der Waals surface area contributed by atoms with Crippen molar-refractivity contribution in [1.82, 2.24) is 4.72 Å². The Bertz CT molecular complexity index is 340. The van der Waals surface area contributed by atoms with Crippen molar-refractivity contribution < 1.29 is 8.42 Å². The maximum atomic E-state index is 11.9. The van der Waals surface area contributed by atoms with E-state index in [1.807, 2.05) is 6.92 Å². The van der Waals surface area contributed by atoms with Gasteiger partial charge in [-0.25, -0.2) is 13.1 Å². The van der Waals surface area contributed by atoms with E-state index in [4.69, 9.17) is 11.6 Å². The molecular formula is C12H24ClNO2S2. The molecule has 0 aromatic carbocycles. The summed E-state index contributed by atoms with van der Waals surface area (Å²) in [6, 6.07) is 0. The van der Waals surface area contributed by atoms with Gasteiger partial charge in [-0.2, -0.15) is 11.8 Å². The van der Waals surface area contributed by atoms with Gasteiger partial charge < -0.3 is 0 Å². The summed E-state index contributed by atoms with van der Waals surface area (Å²) in [5.41, 5.74) is 0. The average molecular weight is 314 g/mol. The molecule has 1 aliphatic rings. The van der Waals surface area contributed by atoms with Gasteiger partial charge in [0.05, 0.1) is 5.75 Å². The molecule has 0 spiro atoms. The molecule has 18 heavy (non-hydrogen) atoms. The Morgan fingerprint density at radius 2 is 1.94 bits per heavy atom. The van der Waals surface area contributed by atoms with Crippen LogP contribution in [-0.4, -0.2) is 37.6 Å². The summed E-state index contributed by atoms with van der Waals surface area (Å²) < 4.78 is 26.7. The highest BCUT2D eigenvalue weighted by Crippen LogP contribution is 2.38. The van der Waals surface area contributed by atoms with Gasteiger partial charge in [0.2, 0.25) is 10.0 Å². The minimum absolute atomic E-state index is 0.000696. The van der Waals surface area contributed by atoms with E-state index < -0.39 is 10.0 Å². The predicted molar refractivity (Wildman–Crippen MR) is 81.0 cm³/mol. The molecule has 0 aliphatic heterocycles. The van der Waals surface area contributed by atoms with Gasteiger partial charge in [0.15, 0.2) is 0 Å². The molecule has 1 N–H and O–H groups in total. The standard InChI is InChI=1S/C12H24ClNO2S2/c1-11(8-13)9-18(15,16)14-10-12(17-2)6-4-3-5-7-12/h11,14H,3-10H2,1-2H3. The van der Waals surface area contributed by atoms with Crippen LogP contribution < -0.4 is 4.72 Å². The van der Waals surface area contributed by atoms with Crippen molar-refractivity contribution in [3.8, 4) is 0 Å². The van der Waals surface area contributed by atoms with Crippen LogP contribution in [0.5, 0.6) is 0 Å². The number of rotatable bonds is 7. The topological polar surface area (TPSA) is 46.2 Å². The van der Waals surface area contributed by atoms with Gasteiger partial charge >= 0.3 is 0 Å². The molecule has 0 aromatic rings. The molecule has 0 radical (unpaired) electrons. The van der Waals surface area contributed by atoms with Crippen molar-refractivity contribution in [3.63, 3.8) is 0 Å². The second kappa shape index (κ2) is 7.36. The molecule has 1 unspecified atom stereocenters. The summed E-state index contributed by atoms with van der Waals surface area (Å²) in [6.45, 7) is 2.42. The number of nitrogens with one attached hydrogen (secondary N) is 1. The van der Waals surface area contributed by atoms with Gasteiger partial charge in [0, 0.05) is 17.2 Å². The van der Waals surface area contributed by atoms with E-state index in [0.29, 0.717) is 12.4 Å². The number of sulfonamides is 1. The van der Waals surface area contributed by atoms with E-state index in [-0.39, 0.29) is 16.4 Å². The van der Waals surface area contributed by atoms with Crippen molar-refractivity contribution in [2.75, 3.05) is 24.4 Å². The van der Waals surface area contributed by atoms with Crippen molar-refractivity contribution in [2.24, 2.45) is 5.92 Å². The largest absolute Gasteiger partial charge is 0.214 e. The van der Waals surface area contributed by atoms with E-state index in [1.54, 1.807) is 11.8 Å². The van der Waals surface area contributed by atoms with Gasteiger partial charge in [-0.15, -0.1) is 11.6 Å². The highest BCUT2D eigenvalue weighted by atomic mass is 35.5. The van der Waals surface area contributed by atoms with E-state index in [0.717, 1.165) is 12.8 Å². The van der Waals surface area contributed by atoms with Crippen LogP contribution in [0, 0.1) is 5.92 Å². The summed E-state index contributed by atoms with van der Waals surface area (Å²) >= 11 is 7.47. The molecule has 1 fully saturated rings. The van der Waals surface area contributed by atoms with E-state index in [2.05, 4.69) is 11.0 Å². The van der Waals surface area contributed by atoms with Gasteiger partial charge in [0.1, 0.15) is 0 Å². The van der Waals surface area contributed by atoms with E-state index in [1.165, 1.54) is 19.3 Å². The maximum Gasteiger partial charge on any atom is 0.211 e. The van der Waals surface area contributed by atoms with Crippen molar-refractivity contribution >= 4 is 33.4 Å². The van der Waals surface area contributed by atoms with Crippen LogP contribution in [0.1, 0.15) is 39.0 Å². The Morgan fingerprint density at radius 1 is 1.33 bits per heavy atom. The third-order valence-electron chi connectivity index (χ3n) is 3.58. The molecule has 108 valence electrons. The Hall–Kier alpha value is 0.550. The first-order chi connectivity index (χ1) is 8.43. The lowest BCUT2D eigenvalue weighted by molar-refractivity contribution is 0.394. The first-order valence-electron chi connectivity index (χ1n) is 6.51. The number of hydrogen-bond donors (Lipinski definition) is 1. The van der Waals surface area contributed by atoms with Gasteiger partial charge in [-0.05, 0) is 25.0 Å². The summed E-state index contributed by atoms with van der Waals surface area (Å²) in [6.07, 6.45) is 8.00. The third kappa shape index (κ3) is 5.27. The first-order valence-corrected chi connectivity index (χ1v) is 9.93. The summed E-state index contributed by atoms with van der Waals surface area (Å²) in [5, 5.41) is 0. The Balaban J connectivity index is 2.51. The van der Waals surface area contributed by atoms with Gasteiger partial charge in [-0.3, -0.25) is 0 Å². The van der Waals surface area contributed by atoms with E-state index >= 15 is 0 Å². The van der Waals surface area contributed by atoms with Gasteiger partial charge in [0.25, 0.3) is 0 Å². The fourth-order valence-electron chi connectivity index (χ4n) is 2.37. The highest BCUT2D eigenvalue weighted by molar-refractivity contribution is 8.00. The molecule has 3 nitrogen and oxygen atoms in total. The second-order valence-electron chi connectivity index (χ2n) is 5.31. The van der Waals surface area contributed by atoms with Crippen LogP contribution in [-0.2, 0) is 10.0 Å². The number of alkyl halides is 1. The monoisotopic (exact) mass is 313 g/mol. The van der Waals surface area contributed by atoms with Crippen molar-refractivity contribution in [2.45, 2.75) is 43.8 Å². The zero-order valence-electron chi connectivity index (χ0n) is 11.2. The molecule has 1 aliphatic carbocycles. The zero-order chi connectivity index (χ0) is 13.6. The lowest BCUT2D eigenvalue weighted by atomic mass is 9.88. The molecule has 0 bridgehead atoms. The molecule has 0 aromatic heterocycles. The molecule has 0 heterocycles. The smallest absolute Gasteiger partial charge is 0.211 e. The number of halogens is 1. The van der Waals surface area contributed by atoms with Crippen LogP contribution in [0.2, 0.25) is 0 Å². The van der Waals surface area contributed by atoms with Crippen LogP contribution in [0.4, 0.5) is 0 Å². The van der Waals surface area contributed by atoms with Crippen LogP contribution >= 0.6 is 23.4 Å². The maximum absolute atomic E-state index is 11.9. The molecule has 0 saturated heterocycles. The third-order valence-corrected chi connectivity index (χ3v) is 7.12. The van der Waals surface area contributed by atoms with Crippen molar-refractivity contribution in [1.29, 1.82) is 0 Å². The molecule has 1 saturated carbocycles. The zero-order valence-corrected chi connectivity index (χ0v) is 13.6. The summed E-state index contributed by atoms with van der Waals surface area (Å²) in [7, 11) is -3.19. The Labute approximate surface area is 120 Å². The second-order valence-corrected chi connectivity index (χ2v) is 8.74. The number of hydrogen-bond acceptors (Lipinski definition) is 3. The molecule has 1 atom stereocenters. The van der Waals surface area contributed by atoms with E-state index in [9.17, 15) is 8.42 Å². The minimum Gasteiger partial charge on any atom is -0.214 e. The molecule has 6 heteroatoms. The van der Waals surface area contributed by atoms with Gasteiger partial charge in [-0.1, -0.05) is 26.2 Å². The average Bonchev–Trinajstić information content (AvgIpc) is 2.37. The Morgan fingerprint density at radius 3 is 2.44 bits per heavy atom. The lowest BCUT2D eigenvalue weighted by Gasteiger charge is -2.35. The Kier molecular flexibility index (Phi) is 6.79.